The Kier molecular flexibility index (Phi) is 5.58. The zero-order chi connectivity index (χ0) is 17.9. The van der Waals surface area contributed by atoms with Gasteiger partial charge in [-0.3, -0.25) is 23.7 Å². The topological polar surface area (TPSA) is 96.8 Å². The van der Waals surface area contributed by atoms with Crippen molar-refractivity contribution >= 4 is 24.4 Å². The third-order valence-corrected chi connectivity index (χ3v) is 5.30. The summed E-state index contributed by atoms with van der Waals surface area (Å²) in [6.07, 6.45) is 6.16. The highest BCUT2D eigenvalue weighted by Gasteiger charge is 2.34. The van der Waals surface area contributed by atoms with Gasteiger partial charge in [-0.1, -0.05) is 19.3 Å². The van der Waals surface area contributed by atoms with Gasteiger partial charge < -0.3 is 10.2 Å². The summed E-state index contributed by atoms with van der Waals surface area (Å²) in [7, 11) is 3.11. The van der Waals surface area contributed by atoms with Crippen molar-refractivity contribution in [2.75, 3.05) is 6.54 Å². The molecule has 132 valence electrons. The van der Waals surface area contributed by atoms with Crippen LogP contribution in [-0.4, -0.2) is 38.1 Å². The molecule has 0 aromatic carbocycles. The lowest BCUT2D eigenvalue weighted by Gasteiger charge is -2.34. The third kappa shape index (κ3) is 3.75. The molecule has 2 N–H and O–H groups in total. The van der Waals surface area contributed by atoms with Gasteiger partial charge in [0.15, 0.2) is 4.77 Å². The molecule has 0 saturated heterocycles. The van der Waals surface area contributed by atoms with E-state index < -0.39 is 11.5 Å². The van der Waals surface area contributed by atoms with Crippen LogP contribution in [-0.2, 0) is 18.9 Å². The highest BCUT2D eigenvalue weighted by Crippen LogP contribution is 2.39. The maximum atomic E-state index is 12.2. The Morgan fingerprint density at radius 1 is 1.29 bits per heavy atom. The number of carboxylic acids is 1. The largest absolute Gasteiger partial charge is 0.494 e. The first-order valence-corrected chi connectivity index (χ1v) is 8.39. The van der Waals surface area contributed by atoms with Crippen LogP contribution in [0.3, 0.4) is 0 Å². The summed E-state index contributed by atoms with van der Waals surface area (Å²) in [6, 6.07) is 0. The highest BCUT2D eigenvalue weighted by atomic mass is 32.1. The fourth-order valence-electron chi connectivity index (χ4n) is 3.32. The second-order valence-electron chi connectivity index (χ2n) is 6.54. The highest BCUT2D eigenvalue weighted by molar-refractivity contribution is 7.71. The van der Waals surface area contributed by atoms with Gasteiger partial charge in [0.2, 0.25) is 5.88 Å². The van der Waals surface area contributed by atoms with E-state index in [4.69, 9.17) is 12.2 Å². The van der Waals surface area contributed by atoms with Gasteiger partial charge in [-0.25, -0.2) is 0 Å². The maximum absolute atomic E-state index is 12.2. The molecule has 8 heteroatoms. The zero-order valence-corrected chi connectivity index (χ0v) is 14.8. The fourth-order valence-corrected chi connectivity index (χ4v) is 3.49. The van der Waals surface area contributed by atoms with Gasteiger partial charge in [0.05, 0.1) is 6.42 Å². The number of aromatic hydroxyl groups is 1. The molecular weight excluding hydrogens is 330 g/mol. The molecule has 24 heavy (non-hydrogen) atoms. The molecule has 1 aromatic rings. The Labute approximate surface area is 145 Å². The zero-order valence-electron chi connectivity index (χ0n) is 14.0. The van der Waals surface area contributed by atoms with Crippen molar-refractivity contribution in [3.8, 4) is 5.88 Å². The number of hydrogen-bond donors (Lipinski definition) is 2. The molecule has 0 spiro atoms. The standard InChI is InChI=1S/C16H23N3O4S/c1-18-13(22)11(14(23)19(2)15(18)24)9-17-10-16(8-12(20)21)6-4-3-5-7-16/h9,22H,3-8,10H2,1-2H3,(H,20,21). The van der Waals surface area contributed by atoms with Crippen LogP contribution in [0.4, 0.5) is 0 Å². The van der Waals surface area contributed by atoms with Gasteiger partial charge in [0.25, 0.3) is 5.56 Å². The average molecular weight is 353 g/mol. The molecule has 1 fully saturated rings. The summed E-state index contributed by atoms with van der Waals surface area (Å²) in [5.74, 6) is -1.06. The number of aromatic nitrogens is 2. The number of carboxylic acid groups (broad SMARTS) is 1. The Balaban J connectivity index is 2.29. The first-order chi connectivity index (χ1) is 11.3. The molecule has 0 aliphatic heterocycles. The van der Waals surface area contributed by atoms with Crippen molar-refractivity contribution in [2.24, 2.45) is 24.5 Å². The quantitative estimate of drug-likeness (QED) is 0.623. The molecular formula is C16H23N3O4S. The van der Waals surface area contributed by atoms with E-state index in [9.17, 15) is 19.8 Å². The normalized spacial score (nSPS) is 17.2. The summed E-state index contributed by atoms with van der Waals surface area (Å²) in [5.41, 5.74) is -0.716. The Morgan fingerprint density at radius 3 is 2.50 bits per heavy atom. The minimum atomic E-state index is -0.826. The van der Waals surface area contributed by atoms with E-state index >= 15 is 0 Å². The molecule has 0 radical (unpaired) electrons. The lowest BCUT2D eigenvalue weighted by atomic mass is 9.72. The van der Waals surface area contributed by atoms with Crippen molar-refractivity contribution in [1.29, 1.82) is 0 Å². The van der Waals surface area contributed by atoms with Crippen LogP contribution < -0.4 is 5.56 Å². The first kappa shape index (κ1) is 18.4. The summed E-state index contributed by atoms with van der Waals surface area (Å²) < 4.78 is 2.82. The number of carbonyl (C=O) groups is 1. The van der Waals surface area contributed by atoms with Crippen molar-refractivity contribution in [3.63, 3.8) is 0 Å². The molecule has 2 rings (SSSR count). The summed E-state index contributed by atoms with van der Waals surface area (Å²) in [5, 5.41) is 19.3. The van der Waals surface area contributed by atoms with Gasteiger partial charge in [-0.05, 0) is 25.1 Å². The molecule has 1 aliphatic carbocycles. The van der Waals surface area contributed by atoms with Crippen molar-refractivity contribution in [2.45, 2.75) is 38.5 Å². The van der Waals surface area contributed by atoms with E-state index in [2.05, 4.69) is 4.99 Å². The van der Waals surface area contributed by atoms with E-state index in [1.54, 1.807) is 7.05 Å². The lowest BCUT2D eigenvalue weighted by Crippen LogP contribution is -2.31. The molecule has 0 unspecified atom stereocenters. The monoisotopic (exact) mass is 353 g/mol. The van der Waals surface area contributed by atoms with E-state index in [1.807, 2.05) is 0 Å². The number of nitrogens with zero attached hydrogens (tertiary/aromatic N) is 3. The molecule has 1 aromatic heterocycles. The van der Waals surface area contributed by atoms with E-state index in [-0.39, 0.29) is 28.1 Å². The fraction of sp³-hybridized carbons (Fsp3) is 0.625. The van der Waals surface area contributed by atoms with Crippen LogP contribution >= 0.6 is 12.2 Å². The summed E-state index contributed by atoms with van der Waals surface area (Å²) in [4.78, 5) is 27.7. The van der Waals surface area contributed by atoms with E-state index in [0.717, 1.165) is 32.1 Å². The maximum Gasteiger partial charge on any atom is 0.303 e. The van der Waals surface area contributed by atoms with Crippen molar-refractivity contribution in [1.82, 2.24) is 9.13 Å². The smallest absolute Gasteiger partial charge is 0.303 e. The van der Waals surface area contributed by atoms with Gasteiger partial charge >= 0.3 is 5.97 Å². The Bertz CT molecular complexity index is 773. The molecule has 0 bridgehead atoms. The molecule has 7 nitrogen and oxygen atoms in total. The minimum Gasteiger partial charge on any atom is -0.494 e. The van der Waals surface area contributed by atoms with Crippen LogP contribution in [0, 0.1) is 10.2 Å². The van der Waals surface area contributed by atoms with Gasteiger partial charge in [-0.15, -0.1) is 0 Å². The molecule has 1 aliphatic rings. The molecule has 1 heterocycles. The average Bonchev–Trinajstić information content (AvgIpc) is 2.54. The number of aliphatic imine (C=N–C) groups is 1. The summed E-state index contributed by atoms with van der Waals surface area (Å²) in [6.45, 7) is 0.335. The van der Waals surface area contributed by atoms with Gasteiger partial charge in [0.1, 0.15) is 5.56 Å². The predicted molar refractivity (Wildman–Crippen MR) is 93.4 cm³/mol. The predicted octanol–water partition coefficient (Wildman–Crippen LogP) is 2.00. The van der Waals surface area contributed by atoms with Crippen molar-refractivity contribution in [3.05, 3.63) is 20.7 Å². The third-order valence-electron chi connectivity index (χ3n) is 4.76. The van der Waals surface area contributed by atoms with Crippen LogP contribution in [0.25, 0.3) is 0 Å². The van der Waals surface area contributed by atoms with Crippen LogP contribution in [0.15, 0.2) is 9.79 Å². The SMILES string of the molecule is Cn1c(O)c(C=NCC2(CC(=O)O)CCCCC2)c(=O)n(C)c1=S. The second-order valence-corrected chi connectivity index (χ2v) is 6.91. The second kappa shape index (κ2) is 7.29. The number of aliphatic carboxylic acids is 1. The van der Waals surface area contributed by atoms with Crippen LogP contribution in [0.5, 0.6) is 5.88 Å². The first-order valence-electron chi connectivity index (χ1n) is 7.98. The van der Waals surface area contributed by atoms with Gasteiger partial charge in [-0.2, -0.15) is 0 Å². The Hall–Kier alpha value is -1.96. The number of hydrogen-bond acceptors (Lipinski definition) is 5. The van der Waals surface area contributed by atoms with E-state index in [0.29, 0.717) is 6.54 Å². The Morgan fingerprint density at radius 2 is 1.92 bits per heavy atom. The van der Waals surface area contributed by atoms with Crippen LogP contribution in [0.2, 0.25) is 0 Å². The van der Waals surface area contributed by atoms with E-state index in [1.165, 1.54) is 22.4 Å². The van der Waals surface area contributed by atoms with Crippen molar-refractivity contribution < 1.29 is 15.0 Å². The molecule has 1 saturated carbocycles. The lowest BCUT2D eigenvalue weighted by molar-refractivity contribution is -0.140. The number of rotatable bonds is 5. The summed E-state index contributed by atoms with van der Waals surface area (Å²) >= 11 is 5.07. The minimum absolute atomic E-state index is 0.0647. The van der Waals surface area contributed by atoms with Gasteiger partial charge in [0, 0.05) is 32.3 Å². The van der Waals surface area contributed by atoms with Crippen LogP contribution in [0.1, 0.15) is 44.1 Å². The molecule has 0 amide bonds. The molecule has 0 atom stereocenters.